The van der Waals surface area contributed by atoms with Gasteiger partial charge in [-0.1, -0.05) is 0 Å². The van der Waals surface area contributed by atoms with Gasteiger partial charge >= 0.3 is 0 Å². The lowest BCUT2D eigenvalue weighted by Crippen LogP contribution is -2.27. The maximum absolute atomic E-state index is 5.53. The zero-order valence-electron chi connectivity index (χ0n) is 10.1. The first kappa shape index (κ1) is 11.2. The quantitative estimate of drug-likeness (QED) is 0.544. The molecule has 96 valence electrons. The number of nitrogens with one attached hydrogen (secondary N) is 2. The predicted octanol–water partition coefficient (Wildman–Crippen LogP) is 0.604. The Kier molecular flexibility index (Phi) is 2.77. The van der Waals surface area contributed by atoms with Gasteiger partial charge in [-0.05, 0) is 13.3 Å². The van der Waals surface area contributed by atoms with E-state index in [4.69, 9.17) is 10.6 Å². The lowest BCUT2D eigenvalue weighted by Gasteiger charge is -2.17. The fourth-order valence-corrected chi connectivity index (χ4v) is 2.19. The van der Waals surface area contributed by atoms with Crippen LogP contribution in [0.15, 0.2) is 18.6 Å². The summed E-state index contributed by atoms with van der Waals surface area (Å²) in [4.78, 5) is 8.69. The zero-order chi connectivity index (χ0) is 12.5. The molecule has 0 saturated carbocycles. The molecule has 0 radical (unpaired) electrons. The molecule has 1 saturated heterocycles. The second kappa shape index (κ2) is 4.43. The second-order valence-electron chi connectivity index (χ2n) is 4.39. The average Bonchev–Trinajstić information content (AvgIpc) is 2.98. The number of imidazole rings is 1. The lowest BCUT2D eigenvalue weighted by atomic mass is 10.1. The Balaban J connectivity index is 1.96. The first-order chi connectivity index (χ1) is 8.78. The average molecular weight is 248 g/mol. The van der Waals surface area contributed by atoms with E-state index in [1.807, 2.05) is 10.6 Å². The van der Waals surface area contributed by atoms with Crippen LogP contribution in [0.3, 0.4) is 0 Å². The van der Waals surface area contributed by atoms with E-state index < -0.39 is 0 Å². The van der Waals surface area contributed by atoms with Crippen LogP contribution in [0.25, 0.3) is 5.65 Å². The van der Waals surface area contributed by atoms with Crippen molar-refractivity contribution < 1.29 is 4.74 Å². The summed E-state index contributed by atoms with van der Waals surface area (Å²) < 4.78 is 7.41. The number of hydrazine groups is 1. The molecule has 3 heterocycles. The van der Waals surface area contributed by atoms with Crippen LogP contribution in [0, 0.1) is 0 Å². The lowest BCUT2D eigenvalue weighted by molar-refractivity contribution is 0.121. The normalized spacial score (nSPS) is 23.4. The van der Waals surface area contributed by atoms with E-state index in [2.05, 4.69) is 27.6 Å². The molecule has 2 aromatic rings. The van der Waals surface area contributed by atoms with Crippen molar-refractivity contribution >= 4 is 17.3 Å². The van der Waals surface area contributed by atoms with Gasteiger partial charge in [0.15, 0.2) is 17.3 Å². The number of anilines is 2. The van der Waals surface area contributed by atoms with E-state index in [-0.39, 0.29) is 12.1 Å². The summed E-state index contributed by atoms with van der Waals surface area (Å²) in [5, 5.41) is 3.38. The van der Waals surface area contributed by atoms with Crippen LogP contribution in [0.1, 0.15) is 13.3 Å². The highest BCUT2D eigenvalue weighted by atomic mass is 16.5. The Hall–Kier alpha value is -1.86. The number of nitrogen functional groups attached to an aromatic ring is 1. The summed E-state index contributed by atoms with van der Waals surface area (Å²) in [5.74, 6) is 6.73. The third kappa shape index (κ3) is 1.87. The van der Waals surface area contributed by atoms with Crippen molar-refractivity contribution in [1.82, 2.24) is 14.4 Å². The number of nitrogens with two attached hydrogens (primary N) is 1. The maximum atomic E-state index is 5.53. The third-order valence-corrected chi connectivity index (χ3v) is 3.22. The van der Waals surface area contributed by atoms with Crippen LogP contribution in [-0.4, -0.2) is 33.1 Å². The van der Waals surface area contributed by atoms with Crippen LogP contribution >= 0.6 is 0 Å². The second-order valence-corrected chi connectivity index (χ2v) is 4.39. The summed E-state index contributed by atoms with van der Waals surface area (Å²) in [6.07, 6.45) is 6.53. The smallest absolute Gasteiger partial charge is 0.180 e. The van der Waals surface area contributed by atoms with E-state index in [1.54, 1.807) is 12.4 Å². The Morgan fingerprint density at radius 3 is 3.17 bits per heavy atom. The van der Waals surface area contributed by atoms with Crippen molar-refractivity contribution in [3.63, 3.8) is 0 Å². The summed E-state index contributed by atoms with van der Waals surface area (Å²) in [6, 6.07) is 0.256. The molecular weight excluding hydrogens is 232 g/mol. The van der Waals surface area contributed by atoms with E-state index in [9.17, 15) is 0 Å². The first-order valence-electron chi connectivity index (χ1n) is 5.96. The van der Waals surface area contributed by atoms with Crippen molar-refractivity contribution in [3.8, 4) is 0 Å². The molecule has 4 N–H and O–H groups in total. The molecule has 0 aromatic carbocycles. The molecule has 1 aliphatic heterocycles. The number of nitrogens with zero attached hydrogens (tertiary/aromatic N) is 3. The molecule has 18 heavy (non-hydrogen) atoms. The van der Waals surface area contributed by atoms with Gasteiger partial charge in [0.2, 0.25) is 0 Å². The van der Waals surface area contributed by atoms with Crippen LogP contribution in [0.2, 0.25) is 0 Å². The van der Waals surface area contributed by atoms with E-state index in [0.717, 1.165) is 24.5 Å². The molecule has 2 aromatic heterocycles. The third-order valence-electron chi connectivity index (χ3n) is 3.22. The van der Waals surface area contributed by atoms with Crippen LogP contribution in [0.5, 0.6) is 0 Å². The molecule has 7 heteroatoms. The Morgan fingerprint density at radius 1 is 1.56 bits per heavy atom. The van der Waals surface area contributed by atoms with E-state index in [1.165, 1.54) is 0 Å². The number of rotatable bonds is 3. The molecule has 2 unspecified atom stereocenters. The minimum atomic E-state index is 0.177. The zero-order valence-corrected chi connectivity index (χ0v) is 10.1. The van der Waals surface area contributed by atoms with Crippen molar-refractivity contribution in [3.05, 3.63) is 18.6 Å². The standard InChI is InChI=1S/C11H16N6O/c1-7-8(2-5-18-7)14-10-11-13-3-4-17(11)6-9(15-10)16-12/h3-4,6-8,16H,2,5,12H2,1H3,(H,14,15). The van der Waals surface area contributed by atoms with Crippen LogP contribution in [0.4, 0.5) is 11.6 Å². The van der Waals surface area contributed by atoms with Gasteiger partial charge in [-0.2, -0.15) is 0 Å². The highest BCUT2D eigenvalue weighted by molar-refractivity contribution is 5.65. The molecule has 1 aliphatic rings. The molecule has 0 amide bonds. The van der Waals surface area contributed by atoms with Gasteiger partial charge in [0, 0.05) is 19.0 Å². The van der Waals surface area contributed by atoms with Gasteiger partial charge in [0.1, 0.15) is 0 Å². The maximum Gasteiger partial charge on any atom is 0.180 e. The van der Waals surface area contributed by atoms with Gasteiger partial charge in [0.25, 0.3) is 0 Å². The van der Waals surface area contributed by atoms with E-state index in [0.29, 0.717) is 5.82 Å². The molecule has 3 rings (SSSR count). The minimum absolute atomic E-state index is 0.177. The Labute approximate surface area is 104 Å². The molecule has 1 fully saturated rings. The number of hydrogen-bond donors (Lipinski definition) is 3. The number of hydrogen-bond acceptors (Lipinski definition) is 6. The van der Waals surface area contributed by atoms with Gasteiger partial charge in [-0.25, -0.2) is 15.8 Å². The Bertz CT molecular complexity index is 553. The highest BCUT2D eigenvalue weighted by Gasteiger charge is 2.25. The van der Waals surface area contributed by atoms with Gasteiger partial charge < -0.3 is 19.9 Å². The topological polar surface area (TPSA) is 89.5 Å². The monoisotopic (exact) mass is 248 g/mol. The van der Waals surface area contributed by atoms with Crippen molar-refractivity contribution in [2.45, 2.75) is 25.5 Å². The summed E-state index contributed by atoms with van der Waals surface area (Å²) in [6.45, 7) is 2.83. The Morgan fingerprint density at radius 2 is 2.44 bits per heavy atom. The first-order valence-corrected chi connectivity index (χ1v) is 5.96. The summed E-state index contributed by atoms with van der Waals surface area (Å²) in [7, 11) is 0. The fraction of sp³-hybridized carbons (Fsp3) is 0.455. The molecule has 2 atom stereocenters. The molecule has 7 nitrogen and oxygen atoms in total. The number of ether oxygens (including phenoxy) is 1. The van der Waals surface area contributed by atoms with Gasteiger partial charge in [0.05, 0.1) is 18.3 Å². The van der Waals surface area contributed by atoms with Crippen molar-refractivity contribution in [2.24, 2.45) is 5.84 Å². The summed E-state index contributed by atoms with van der Waals surface area (Å²) >= 11 is 0. The fourth-order valence-electron chi connectivity index (χ4n) is 2.19. The predicted molar refractivity (Wildman–Crippen MR) is 68.2 cm³/mol. The van der Waals surface area contributed by atoms with Crippen molar-refractivity contribution in [2.75, 3.05) is 17.3 Å². The van der Waals surface area contributed by atoms with E-state index >= 15 is 0 Å². The van der Waals surface area contributed by atoms with Crippen LogP contribution in [-0.2, 0) is 4.74 Å². The van der Waals surface area contributed by atoms with Crippen LogP contribution < -0.4 is 16.6 Å². The molecular formula is C11H16N6O. The molecule has 0 spiro atoms. The highest BCUT2D eigenvalue weighted by Crippen LogP contribution is 2.21. The van der Waals surface area contributed by atoms with Gasteiger partial charge in [-0.15, -0.1) is 0 Å². The molecule has 0 bridgehead atoms. The van der Waals surface area contributed by atoms with Crippen molar-refractivity contribution in [1.29, 1.82) is 0 Å². The number of fused-ring (bicyclic) bond motifs is 1. The molecule has 0 aliphatic carbocycles. The SMILES string of the molecule is CC1OCCC1Nc1nc(NN)cn2ccnc12. The summed E-state index contributed by atoms with van der Waals surface area (Å²) in [5.41, 5.74) is 3.34. The minimum Gasteiger partial charge on any atom is -0.376 e. The van der Waals surface area contributed by atoms with Gasteiger partial charge in [-0.3, -0.25) is 0 Å². The number of aromatic nitrogens is 3. The largest absolute Gasteiger partial charge is 0.376 e.